The normalized spacial score (nSPS) is 10.4. The topological polar surface area (TPSA) is 69.4 Å². The van der Waals surface area contributed by atoms with Crippen molar-refractivity contribution in [2.24, 2.45) is 0 Å². The summed E-state index contributed by atoms with van der Waals surface area (Å²) < 4.78 is 46.0. The Morgan fingerprint density at radius 3 is 2.30 bits per heavy atom. The number of carbonyl (C=O) groups excluding carboxylic acids is 1. The van der Waals surface area contributed by atoms with Gasteiger partial charge in [-0.3, -0.25) is 10.1 Å². The van der Waals surface area contributed by atoms with Gasteiger partial charge in [-0.25, -0.2) is 9.18 Å². The molecule has 5 nitrogen and oxygen atoms in total. The fourth-order valence-corrected chi connectivity index (χ4v) is 1.96. The zero-order valence-electron chi connectivity index (χ0n) is 11.8. The molecule has 2 rings (SSSR count). The summed E-state index contributed by atoms with van der Waals surface area (Å²) in [7, 11) is 0. The Labute approximate surface area is 128 Å². The van der Waals surface area contributed by atoms with Crippen LogP contribution in [0.5, 0.6) is 0 Å². The second kappa shape index (κ2) is 6.47. The van der Waals surface area contributed by atoms with Crippen LogP contribution in [0.3, 0.4) is 0 Å². The highest BCUT2D eigenvalue weighted by Gasteiger charge is 2.34. The number of nitro benzene ring substituents is 1. The maximum absolute atomic E-state index is 14.1. The van der Waals surface area contributed by atoms with E-state index in [-0.39, 0.29) is 6.61 Å². The number of benzene rings is 2. The molecule has 0 heterocycles. The number of ether oxygens (including phenoxy) is 1. The number of nitro groups is 1. The summed E-state index contributed by atoms with van der Waals surface area (Å²) in [4.78, 5) is 21.2. The fourth-order valence-electron chi connectivity index (χ4n) is 1.96. The van der Waals surface area contributed by atoms with E-state index in [4.69, 9.17) is 4.74 Å². The summed E-state index contributed by atoms with van der Waals surface area (Å²) in [6.45, 7) is 0.690. The standard InChI is InChI=1S/C15H10F3NO4/c1-8-10(12(17)14(19(21)22)13(18)11(8)16)15(20)23-7-9-5-3-2-4-6-9/h2-6H,7H2,1H3. The van der Waals surface area contributed by atoms with E-state index in [2.05, 4.69) is 0 Å². The van der Waals surface area contributed by atoms with Gasteiger partial charge in [-0.15, -0.1) is 0 Å². The molecular weight excluding hydrogens is 315 g/mol. The molecule has 0 saturated heterocycles. The molecule has 0 bridgehead atoms. The number of hydrogen-bond acceptors (Lipinski definition) is 4. The smallest absolute Gasteiger partial charge is 0.344 e. The number of carbonyl (C=O) groups is 1. The van der Waals surface area contributed by atoms with E-state index < -0.39 is 45.2 Å². The van der Waals surface area contributed by atoms with E-state index in [1.54, 1.807) is 30.3 Å². The van der Waals surface area contributed by atoms with Gasteiger partial charge in [0.2, 0.25) is 11.6 Å². The van der Waals surface area contributed by atoms with Gasteiger partial charge in [-0.2, -0.15) is 8.78 Å². The number of nitrogens with zero attached hydrogens (tertiary/aromatic N) is 1. The predicted octanol–water partition coefficient (Wildman–Crippen LogP) is 3.68. The molecule has 0 unspecified atom stereocenters. The maximum Gasteiger partial charge on any atom is 0.344 e. The zero-order chi connectivity index (χ0) is 17.1. The maximum atomic E-state index is 14.1. The molecule has 0 aromatic heterocycles. The van der Waals surface area contributed by atoms with Gasteiger partial charge >= 0.3 is 11.7 Å². The Hall–Kier alpha value is -2.90. The van der Waals surface area contributed by atoms with Gasteiger partial charge in [0, 0.05) is 5.56 Å². The molecule has 8 heteroatoms. The Morgan fingerprint density at radius 1 is 1.13 bits per heavy atom. The van der Waals surface area contributed by atoms with Gasteiger partial charge in [0.1, 0.15) is 12.2 Å². The molecule has 0 spiro atoms. The van der Waals surface area contributed by atoms with Gasteiger partial charge in [-0.05, 0) is 12.5 Å². The van der Waals surface area contributed by atoms with Crippen LogP contribution in [0, 0.1) is 34.5 Å². The van der Waals surface area contributed by atoms with E-state index in [0.29, 0.717) is 5.56 Å². The minimum atomic E-state index is -1.95. The third-order valence-electron chi connectivity index (χ3n) is 3.13. The molecule has 0 aliphatic rings. The predicted molar refractivity (Wildman–Crippen MR) is 73.3 cm³/mol. The van der Waals surface area contributed by atoms with Crippen LogP contribution >= 0.6 is 0 Å². The fraction of sp³-hybridized carbons (Fsp3) is 0.133. The molecule has 0 N–H and O–H groups in total. The van der Waals surface area contributed by atoms with E-state index in [0.717, 1.165) is 6.92 Å². The lowest BCUT2D eigenvalue weighted by molar-refractivity contribution is -0.390. The zero-order valence-corrected chi connectivity index (χ0v) is 11.8. The number of rotatable bonds is 4. The Balaban J connectivity index is 2.38. The van der Waals surface area contributed by atoms with Crippen LogP contribution in [0.1, 0.15) is 21.5 Å². The van der Waals surface area contributed by atoms with E-state index in [9.17, 15) is 28.1 Å². The van der Waals surface area contributed by atoms with Crippen molar-refractivity contribution < 1.29 is 27.6 Å². The molecule has 0 radical (unpaired) electrons. The Bertz CT molecular complexity index is 778. The highest BCUT2D eigenvalue weighted by Crippen LogP contribution is 2.30. The lowest BCUT2D eigenvalue weighted by Crippen LogP contribution is -2.14. The summed E-state index contributed by atoms with van der Waals surface area (Å²) in [5.41, 5.74) is -2.83. The van der Waals surface area contributed by atoms with Crippen molar-refractivity contribution in [3.63, 3.8) is 0 Å². The molecule has 0 saturated carbocycles. The molecule has 0 aliphatic heterocycles. The molecular formula is C15H10F3NO4. The Morgan fingerprint density at radius 2 is 1.74 bits per heavy atom. The molecule has 23 heavy (non-hydrogen) atoms. The molecule has 0 aliphatic carbocycles. The van der Waals surface area contributed by atoms with E-state index in [1.165, 1.54) is 0 Å². The molecule has 2 aromatic carbocycles. The number of hydrogen-bond donors (Lipinski definition) is 0. The van der Waals surface area contributed by atoms with Gasteiger partial charge < -0.3 is 4.74 Å². The third-order valence-corrected chi connectivity index (χ3v) is 3.13. The minimum Gasteiger partial charge on any atom is -0.457 e. The van der Waals surface area contributed by atoms with Crippen LogP contribution in [0.4, 0.5) is 18.9 Å². The van der Waals surface area contributed by atoms with Gasteiger partial charge in [-0.1, -0.05) is 30.3 Å². The minimum absolute atomic E-state index is 0.245. The first-order valence-electron chi connectivity index (χ1n) is 6.37. The molecule has 2 aromatic rings. The van der Waals surface area contributed by atoms with Crippen molar-refractivity contribution in [3.8, 4) is 0 Å². The van der Waals surface area contributed by atoms with Gasteiger partial charge in [0.15, 0.2) is 5.82 Å². The largest absolute Gasteiger partial charge is 0.457 e. The lowest BCUT2D eigenvalue weighted by atomic mass is 10.1. The average molecular weight is 325 g/mol. The first kappa shape index (κ1) is 16.5. The summed E-state index contributed by atoms with van der Waals surface area (Å²) in [6.07, 6.45) is 0. The van der Waals surface area contributed by atoms with Crippen LogP contribution in [0.15, 0.2) is 30.3 Å². The van der Waals surface area contributed by atoms with Gasteiger partial charge in [0.25, 0.3) is 0 Å². The summed E-state index contributed by atoms with van der Waals surface area (Å²) in [5, 5.41) is 10.7. The van der Waals surface area contributed by atoms with Crippen molar-refractivity contribution in [1.82, 2.24) is 0 Å². The van der Waals surface area contributed by atoms with Crippen molar-refractivity contribution in [2.75, 3.05) is 0 Å². The summed E-state index contributed by atoms with van der Waals surface area (Å²) in [5.74, 6) is -6.69. The van der Waals surface area contributed by atoms with Crippen LogP contribution in [-0.2, 0) is 11.3 Å². The lowest BCUT2D eigenvalue weighted by Gasteiger charge is -2.10. The first-order valence-corrected chi connectivity index (χ1v) is 6.37. The molecule has 0 amide bonds. The quantitative estimate of drug-likeness (QED) is 0.372. The van der Waals surface area contributed by atoms with Crippen LogP contribution in [0.25, 0.3) is 0 Å². The van der Waals surface area contributed by atoms with Crippen molar-refractivity contribution in [3.05, 3.63) is 74.6 Å². The van der Waals surface area contributed by atoms with Crippen LogP contribution in [0.2, 0.25) is 0 Å². The summed E-state index contributed by atoms with van der Waals surface area (Å²) >= 11 is 0. The van der Waals surface area contributed by atoms with Gasteiger partial charge in [0.05, 0.1) is 4.92 Å². The first-order chi connectivity index (χ1) is 10.8. The van der Waals surface area contributed by atoms with E-state index in [1.807, 2.05) is 0 Å². The highest BCUT2D eigenvalue weighted by molar-refractivity contribution is 5.92. The van der Waals surface area contributed by atoms with E-state index >= 15 is 0 Å². The van der Waals surface area contributed by atoms with Crippen LogP contribution in [-0.4, -0.2) is 10.9 Å². The highest BCUT2D eigenvalue weighted by atomic mass is 19.2. The Kier molecular flexibility index (Phi) is 4.63. The van der Waals surface area contributed by atoms with Crippen molar-refractivity contribution >= 4 is 11.7 Å². The summed E-state index contributed by atoms with van der Waals surface area (Å²) in [6, 6.07) is 8.34. The van der Waals surface area contributed by atoms with Crippen molar-refractivity contribution in [2.45, 2.75) is 13.5 Å². The SMILES string of the molecule is Cc1c(F)c(F)c([N+](=O)[O-])c(F)c1C(=O)OCc1ccccc1. The van der Waals surface area contributed by atoms with Crippen molar-refractivity contribution in [1.29, 1.82) is 0 Å². The number of halogens is 3. The molecule has 0 fully saturated rings. The third kappa shape index (κ3) is 3.15. The average Bonchev–Trinajstić information content (AvgIpc) is 2.51. The molecule has 120 valence electrons. The molecule has 0 atom stereocenters. The second-order valence-corrected chi connectivity index (χ2v) is 4.61. The monoisotopic (exact) mass is 325 g/mol. The van der Waals surface area contributed by atoms with Crippen LogP contribution < -0.4 is 0 Å². The second-order valence-electron chi connectivity index (χ2n) is 4.61. The number of esters is 1.